The second-order valence-corrected chi connectivity index (χ2v) is 4.15. The number of hydrogen-bond acceptors (Lipinski definition) is 4. The fourth-order valence-corrected chi connectivity index (χ4v) is 2.03. The van der Waals surface area contributed by atoms with Gasteiger partial charge in [0.15, 0.2) is 0 Å². The van der Waals surface area contributed by atoms with E-state index >= 15 is 0 Å². The summed E-state index contributed by atoms with van der Waals surface area (Å²) in [4.78, 5) is 10.8. The Morgan fingerprint density at radius 2 is 2.35 bits per heavy atom. The van der Waals surface area contributed by atoms with Crippen LogP contribution in [0.3, 0.4) is 0 Å². The Morgan fingerprint density at radius 1 is 1.47 bits per heavy atom. The summed E-state index contributed by atoms with van der Waals surface area (Å²) in [7, 11) is 0. The fourth-order valence-electron chi connectivity index (χ4n) is 2.03. The second kappa shape index (κ2) is 3.65. The molecule has 0 spiro atoms. The molecular formula is C11H10N4O2. The molecule has 6 nitrogen and oxygen atoms in total. The molecule has 1 saturated carbocycles. The fraction of sp³-hybridized carbons (Fsp3) is 0.273. The van der Waals surface area contributed by atoms with Crippen LogP contribution in [0.5, 0.6) is 0 Å². The van der Waals surface area contributed by atoms with Crippen molar-refractivity contribution in [3.8, 4) is 11.4 Å². The van der Waals surface area contributed by atoms with Gasteiger partial charge in [0.05, 0.1) is 5.92 Å². The second-order valence-electron chi connectivity index (χ2n) is 4.15. The van der Waals surface area contributed by atoms with Crippen LogP contribution in [0.1, 0.15) is 17.9 Å². The van der Waals surface area contributed by atoms with E-state index in [0.717, 1.165) is 11.1 Å². The maximum absolute atomic E-state index is 10.8. The first-order valence-electron chi connectivity index (χ1n) is 5.32. The van der Waals surface area contributed by atoms with Crippen molar-refractivity contribution in [3.63, 3.8) is 0 Å². The van der Waals surface area contributed by atoms with E-state index < -0.39 is 5.97 Å². The first-order chi connectivity index (χ1) is 8.25. The van der Waals surface area contributed by atoms with E-state index in [2.05, 4.69) is 20.6 Å². The van der Waals surface area contributed by atoms with E-state index in [1.54, 1.807) is 0 Å². The zero-order valence-electron chi connectivity index (χ0n) is 8.87. The highest BCUT2D eigenvalue weighted by molar-refractivity contribution is 5.75. The first-order valence-corrected chi connectivity index (χ1v) is 5.32. The van der Waals surface area contributed by atoms with Gasteiger partial charge in [-0.05, 0) is 29.2 Å². The van der Waals surface area contributed by atoms with Crippen LogP contribution in [0.4, 0.5) is 0 Å². The molecule has 86 valence electrons. The predicted octanol–water partition coefficient (Wildman–Crippen LogP) is 1.05. The number of H-pyrrole nitrogens is 1. The maximum Gasteiger partial charge on any atom is 0.307 e. The molecule has 0 radical (unpaired) electrons. The highest BCUT2D eigenvalue weighted by Crippen LogP contribution is 2.47. The number of aromatic amines is 1. The molecule has 0 aliphatic heterocycles. The topological polar surface area (TPSA) is 91.8 Å². The summed E-state index contributed by atoms with van der Waals surface area (Å²) in [5.41, 5.74) is 1.88. The van der Waals surface area contributed by atoms with Crippen LogP contribution >= 0.6 is 0 Å². The summed E-state index contributed by atoms with van der Waals surface area (Å²) in [6.07, 6.45) is 0.713. The predicted molar refractivity (Wildman–Crippen MR) is 58.1 cm³/mol. The Bertz CT molecular complexity index is 552. The zero-order valence-corrected chi connectivity index (χ0v) is 8.87. The van der Waals surface area contributed by atoms with Crippen molar-refractivity contribution in [2.75, 3.05) is 0 Å². The molecule has 3 rings (SSSR count). The van der Waals surface area contributed by atoms with Crippen molar-refractivity contribution < 1.29 is 9.90 Å². The number of aromatic nitrogens is 4. The molecule has 1 heterocycles. The summed E-state index contributed by atoms with van der Waals surface area (Å²) >= 11 is 0. The van der Waals surface area contributed by atoms with Crippen molar-refractivity contribution in [2.45, 2.75) is 12.3 Å². The van der Waals surface area contributed by atoms with Gasteiger partial charge in [0.25, 0.3) is 0 Å². The van der Waals surface area contributed by atoms with E-state index in [1.165, 1.54) is 0 Å². The number of nitrogens with zero attached hydrogens (tertiary/aromatic N) is 3. The van der Waals surface area contributed by atoms with Crippen LogP contribution in [0.25, 0.3) is 11.4 Å². The summed E-state index contributed by atoms with van der Waals surface area (Å²) in [5, 5.41) is 22.6. The molecule has 6 heteroatoms. The number of hydrogen-bond donors (Lipinski definition) is 2. The normalized spacial score (nSPS) is 22.4. The number of benzene rings is 1. The molecule has 1 aromatic carbocycles. The van der Waals surface area contributed by atoms with Crippen molar-refractivity contribution in [1.29, 1.82) is 0 Å². The number of aliphatic carboxylic acids is 1. The molecule has 2 N–H and O–H groups in total. The third-order valence-electron chi connectivity index (χ3n) is 3.03. The van der Waals surface area contributed by atoms with Gasteiger partial charge in [-0.3, -0.25) is 4.79 Å². The van der Waals surface area contributed by atoms with E-state index in [4.69, 9.17) is 5.11 Å². The van der Waals surface area contributed by atoms with Gasteiger partial charge >= 0.3 is 5.97 Å². The minimum Gasteiger partial charge on any atom is -0.481 e. The Morgan fingerprint density at radius 3 is 3.00 bits per heavy atom. The molecule has 0 bridgehead atoms. The molecule has 0 unspecified atom stereocenters. The van der Waals surface area contributed by atoms with Crippen LogP contribution in [-0.4, -0.2) is 31.7 Å². The van der Waals surface area contributed by atoms with Gasteiger partial charge in [0.1, 0.15) is 0 Å². The molecule has 2 aromatic rings. The molecule has 1 aliphatic carbocycles. The number of nitrogens with one attached hydrogen (secondary N) is 1. The van der Waals surface area contributed by atoms with Gasteiger partial charge in [-0.1, -0.05) is 18.2 Å². The van der Waals surface area contributed by atoms with Gasteiger partial charge in [-0.25, -0.2) is 0 Å². The van der Waals surface area contributed by atoms with Gasteiger partial charge in [0, 0.05) is 5.56 Å². The van der Waals surface area contributed by atoms with Crippen molar-refractivity contribution in [2.24, 2.45) is 5.92 Å². The average Bonchev–Trinajstić information content (AvgIpc) is 2.96. The lowest BCUT2D eigenvalue weighted by Gasteiger charge is -2.00. The van der Waals surface area contributed by atoms with E-state index in [0.29, 0.717) is 12.2 Å². The molecule has 1 aliphatic rings. The summed E-state index contributed by atoms with van der Waals surface area (Å²) < 4.78 is 0. The average molecular weight is 230 g/mol. The van der Waals surface area contributed by atoms with Crippen molar-refractivity contribution in [3.05, 3.63) is 29.8 Å². The maximum atomic E-state index is 10.8. The number of rotatable bonds is 3. The monoisotopic (exact) mass is 230 g/mol. The zero-order chi connectivity index (χ0) is 11.8. The van der Waals surface area contributed by atoms with Crippen LogP contribution in [0.2, 0.25) is 0 Å². The number of tetrazole rings is 1. The van der Waals surface area contributed by atoms with Crippen molar-refractivity contribution >= 4 is 5.97 Å². The molecule has 2 atom stereocenters. The van der Waals surface area contributed by atoms with Crippen LogP contribution in [0.15, 0.2) is 24.3 Å². The van der Waals surface area contributed by atoms with Gasteiger partial charge in [0.2, 0.25) is 5.82 Å². The summed E-state index contributed by atoms with van der Waals surface area (Å²) in [6.45, 7) is 0. The quantitative estimate of drug-likeness (QED) is 0.822. The minimum absolute atomic E-state index is 0.124. The molecular weight excluding hydrogens is 220 g/mol. The Kier molecular flexibility index (Phi) is 2.14. The van der Waals surface area contributed by atoms with E-state index in [-0.39, 0.29) is 11.8 Å². The van der Waals surface area contributed by atoms with E-state index in [9.17, 15) is 4.79 Å². The number of carboxylic acid groups (broad SMARTS) is 1. The van der Waals surface area contributed by atoms with Gasteiger partial charge in [-0.2, -0.15) is 5.21 Å². The molecule has 0 saturated heterocycles. The Labute approximate surface area is 96.7 Å². The van der Waals surface area contributed by atoms with Crippen molar-refractivity contribution in [1.82, 2.24) is 20.6 Å². The van der Waals surface area contributed by atoms with Gasteiger partial charge < -0.3 is 5.11 Å². The van der Waals surface area contributed by atoms with Crippen LogP contribution in [-0.2, 0) is 4.79 Å². The molecule has 17 heavy (non-hydrogen) atoms. The molecule has 1 fully saturated rings. The lowest BCUT2D eigenvalue weighted by atomic mass is 10.1. The third kappa shape index (κ3) is 1.77. The third-order valence-corrected chi connectivity index (χ3v) is 3.03. The largest absolute Gasteiger partial charge is 0.481 e. The Hall–Kier alpha value is -2.24. The lowest BCUT2D eigenvalue weighted by Crippen LogP contribution is -1.98. The van der Waals surface area contributed by atoms with Crippen LogP contribution < -0.4 is 0 Å². The Balaban J connectivity index is 1.88. The number of carbonyl (C=O) groups is 1. The minimum atomic E-state index is -0.722. The first kappa shape index (κ1) is 9.95. The number of carboxylic acids is 1. The standard InChI is InChI=1S/C11H10N4O2/c16-11(17)9-5-8(9)6-2-1-3-7(4-6)10-12-14-15-13-10/h1-4,8-9H,5H2,(H,16,17)(H,12,13,14,15)/t8-,9+/m0/s1. The van der Waals surface area contributed by atoms with Crippen LogP contribution in [0, 0.1) is 5.92 Å². The lowest BCUT2D eigenvalue weighted by molar-refractivity contribution is -0.138. The molecule has 1 aromatic heterocycles. The smallest absolute Gasteiger partial charge is 0.307 e. The van der Waals surface area contributed by atoms with E-state index in [1.807, 2.05) is 24.3 Å². The summed E-state index contributed by atoms with van der Waals surface area (Å²) in [6, 6.07) is 7.64. The SMILES string of the molecule is O=C(O)[C@@H]1C[C@H]1c1cccc(-c2nn[nH]n2)c1. The van der Waals surface area contributed by atoms with Gasteiger partial charge in [-0.15, -0.1) is 10.2 Å². The highest BCUT2D eigenvalue weighted by atomic mass is 16.4. The summed E-state index contributed by atoms with van der Waals surface area (Å²) in [5.74, 6) is -0.311. The molecule has 0 amide bonds. The highest BCUT2D eigenvalue weighted by Gasteiger charge is 2.44.